The van der Waals surface area contributed by atoms with Crippen LogP contribution in [0, 0.1) is 11.8 Å². The first kappa shape index (κ1) is 18.9. The molecule has 0 spiro atoms. The number of rotatable bonds is 5. The van der Waals surface area contributed by atoms with Crippen LogP contribution in [0.1, 0.15) is 50.0 Å². The van der Waals surface area contributed by atoms with Crippen molar-refractivity contribution in [1.29, 1.82) is 0 Å². The van der Waals surface area contributed by atoms with Crippen LogP contribution in [-0.2, 0) is 12.6 Å². The molecule has 3 nitrogen and oxygen atoms in total. The third-order valence-corrected chi connectivity index (χ3v) is 6.38. The first-order chi connectivity index (χ1) is 13.9. The van der Waals surface area contributed by atoms with E-state index in [-0.39, 0.29) is 5.02 Å². The van der Waals surface area contributed by atoms with E-state index in [0.717, 1.165) is 41.1 Å². The van der Waals surface area contributed by atoms with Gasteiger partial charge in [-0.2, -0.15) is 13.2 Å². The maximum Gasteiger partial charge on any atom is 0.416 e. The van der Waals surface area contributed by atoms with Crippen LogP contribution in [0.15, 0.2) is 30.5 Å². The zero-order valence-electron chi connectivity index (χ0n) is 16.0. The van der Waals surface area contributed by atoms with Gasteiger partial charge in [0.25, 0.3) is 0 Å². The lowest BCUT2D eigenvalue weighted by Crippen LogP contribution is -2.16. The molecule has 152 valence electrons. The Bertz CT molecular complexity index is 1070. The minimum Gasteiger partial charge on any atom is -0.309 e. The molecule has 2 fully saturated rings. The Morgan fingerprint density at radius 2 is 1.79 bits per heavy atom. The van der Waals surface area contributed by atoms with Gasteiger partial charge in [-0.3, -0.25) is 0 Å². The van der Waals surface area contributed by atoms with Crippen molar-refractivity contribution in [2.24, 2.45) is 11.8 Å². The fourth-order valence-corrected chi connectivity index (χ4v) is 4.69. The number of aryl methyl sites for hydroxylation is 1. The quantitative estimate of drug-likeness (QED) is 0.461. The Morgan fingerprint density at radius 3 is 2.34 bits per heavy atom. The van der Waals surface area contributed by atoms with Gasteiger partial charge < -0.3 is 4.57 Å². The fraction of sp³-hybridized carbons (Fsp3) is 0.455. The smallest absolute Gasteiger partial charge is 0.309 e. The van der Waals surface area contributed by atoms with Crippen LogP contribution < -0.4 is 0 Å². The van der Waals surface area contributed by atoms with Gasteiger partial charge in [0.05, 0.1) is 5.56 Å². The largest absolute Gasteiger partial charge is 0.416 e. The molecular formula is C22H21ClF3N3. The summed E-state index contributed by atoms with van der Waals surface area (Å²) >= 11 is 6.28. The first-order valence-corrected chi connectivity index (χ1v) is 10.5. The van der Waals surface area contributed by atoms with Crippen molar-refractivity contribution >= 4 is 22.8 Å². The van der Waals surface area contributed by atoms with Crippen LogP contribution in [0.2, 0.25) is 5.02 Å². The van der Waals surface area contributed by atoms with E-state index >= 15 is 0 Å². The normalized spacial score (nSPS) is 17.4. The topological polar surface area (TPSA) is 30.7 Å². The number of pyridine rings is 1. The third-order valence-electron chi connectivity index (χ3n) is 6.06. The van der Waals surface area contributed by atoms with Crippen molar-refractivity contribution < 1.29 is 13.2 Å². The van der Waals surface area contributed by atoms with Gasteiger partial charge in [-0.05, 0) is 55.7 Å². The van der Waals surface area contributed by atoms with E-state index in [1.54, 1.807) is 12.3 Å². The van der Waals surface area contributed by atoms with Gasteiger partial charge in [0.1, 0.15) is 11.3 Å². The molecule has 5 rings (SSSR count). The standard InChI is InChI=1S/C22H21ClF3N3/c1-2-18-28-19-16(15-8-7-14(11-17(15)23)22(24,25)26)9-10-27-21(19)29(18)20(12-3-4-12)13-5-6-13/h7-13,20H,2-6H2,1H3. The summed E-state index contributed by atoms with van der Waals surface area (Å²) in [6.07, 6.45) is 3.05. The first-order valence-electron chi connectivity index (χ1n) is 10.1. The van der Waals surface area contributed by atoms with Gasteiger partial charge in [-0.15, -0.1) is 0 Å². The monoisotopic (exact) mass is 419 g/mol. The van der Waals surface area contributed by atoms with Crippen LogP contribution in [0.4, 0.5) is 13.2 Å². The van der Waals surface area contributed by atoms with Crippen molar-refractivity contribution in [3.05, 3.63) is 46.9 Å². The van der Waals surface area contributed by atoms with Gasteiger partial charge in [0, 0.05) is 34.8 Å². The van der Waals surface area contributed by atoms with Crippen molar-refractivity contribution in [3.8, 4) is 11.1 Å². The summed E-state index contributed by atoms with van der Waals surface area (Å²) in [5.74, 6) is 2.36. The third kappa shape index (κ3) is 3.31. The van der Waals surface area contributed by atoms with E-state index in [2.05, 4.69) is 16.5 Å². The fourth-order valence-electron chi connectivity index (χ4n) is 4.41. The molecule has 0 unspecified atom stereocenters. The second-order valence-electron chi connectivity index (χ2n) is 8.14. The summed E-state index contributed by atoms with van der Waals surface area (Å²) in [4.78, 5) is 9.52. The molecule has 0 amide bonds. The Balaban J connectivity index is 1.67. The second kappa shape index (κ2) is 6.73. The summed E-state index contributed by atoms with van der Waals surface area (Å²) < 4.78 is 41.4. The van der Waals surface area contributed by atoms with E-state index in [1.165, 1.54) is 31.7 Å². The van der Waals surface area contributed by atoms with Gasteiger partial charge >= 0.3 is 6.18 Å². The van der Waals surface area contributed by atoms with Crippen molar-refractivity contribution in [1.82, 2.24) is 14.5 Å². The van der Waals surface area contributed by atoms with Crippen LogP contribution >= 0.6 is 11.6 Å². The number of fused-ring (bicyclic) bond motifs is 1. The molecule has 3 aromatic rings. The van der Waals surface area contributed by atoms with Crippen LogP contribution in [-0.4, -0.2) is 14.5 Å². The highest BCUT2D eigenvalue weighted by atomic mass is 35.5. The number of aromatic nitrogens is 3. The van der Waals surface area contributed by atoms with Crippen LogP contribution in [0.25, 0.3) is 22.3 Å². The van der Waals surface area contributed by atoms with Gasteiger partial charge in [-0.1, -0.05) is 24.6 Å². The Morgan fingerprint density at radius 1 is 1.10 bits per heavy atom. The molecule has 0 aliphatic heterocycles. The van der Waals surface area contributed by atoms with Crippen LogP contribution in [0.5, 0.6) is 0 Å². The number of hydrogen-bond donors (Lipinski definition) is 0. The number of imidazole rings is 1. The lowest BCUT2D eigenvalue weighted by atomic mass is 10.0. The highest BCUT2D eigenvalue weighted by Gasteiger charge is 2.44. The van der Waals surface area contributed by atoms with Crippen molar-refractivity contribution in [3.63, 3.8) is 0 Å². The molecule has 0 bridgehead atoms. The summed E-state index contributed by atoms with van der Waals surface area (Å²) in [6.45, 7) is 2.08. The minimum absolute atomic E-state index is 0.0702. The molecule has 2 saturated carbocycles. The molecule has 2 heterocycles. The predicted molar refractivity (Wildman–Crippen MR) is 107 cm³/mol. The van der Waals surface area contributed by atoms with Gasteiger partial charge in [0.15, 0.2) is 5.65 Å². The number of benzene rings is 1. The average Bonchev–Trinajstić information content (AvgIpc) is 3.59. The molecule has 7 heteroatoms. The number of alkyl halides is 3. The molecule has 0 radical (unpaired) electrons. The average molecular weight is 420 g/mol. The molecular weight excluding hydrogens is 399 g/mol. The van der Waals surface area contributed by atoms with E-state index in [9.17, 15) is 13.2 Å². The highest BCUT2D eigenvalue weighted by molar-refractivity contribution is 6.33. The Labute approximate surface area is 171 Å². The zero-order chi connectivity index (χ0) is 20.3. The predicted octanol–water partition coefficient (Wildman–Crippen LogP) is 6.69. The molecule has 0 saturated heterocycles. The van der Waals surface area contributed by atoms with Crippen molar-refractivity contribution in [2.75, 3.05) is 0 Å². The summed E-state index contributed by atoms with van der Waals surface area (Å²) in [5.41, 5.74) is 2.07. The summed E-state index contributed by atoms with van der Waals surface area (Å²) in [7, 11) is 0. The van der Waals surface area contributed by atoms with E-state index in [0.29, 0.717) is 23.4 Å². The SMILES string of the molecule is CCc1nc2c(-c3ccc(C(F)(F)F)cc3Cl)ccnc2n1C(C1CC1)C1CC1. The number of hydrogen-bond acceptors (Lipinski definition) is 2. The van der Waals surface area contributed by atoms with Gasteiger partial charge in [-0.25, -0.2) is 9.97 Å². The second-order valence-corrected chi connectivity index (χ2v) is 8.55. The maximum absolute atomic E-state index is 13.0. The number of halogens is 4. The summed E-state index contributed by atoms with van der Waals surface area (Å²) in [6, 6.07) is 5.71. The summed E-state index contributed by atoms with van der Waals surface area (Å²) in [5, 5.41) is 0.0702. The maximum atomic E-state index is 13.0. The zero-order valence-corrected chi connectivity index (χ0v) is 16.8. The molecule has 2 aliphatic rings. The Kier molecular flexibility index (Phi) is 4.39. The number of nitrogens with zero attached hydrogens (tertiary/aromatic N) is 3. The van der Waals surface area contributed by atoms with Gasteiger partial charge in [0.2, 0.25) is 0 Å². The van der Waals surface area contributed by atoms with E-state index in [4.69, 9.17) is 16.6 Å². The minimum atomic E-state index is -4.42. The molecule has 2 aliphatic carbocycles. The molecule has 0 atom stereocenters. The van der Waals surface area contributed by atoms with E-state index < -0.39 is 11.7 Å². The Hall–Kier alpha value is -2.08. The van der Waals surface area contributed by atoms with Crippen molar-refractivity contribution in [2.45, 2.75) is 51.2 Å². The van der Waals surface area contributed by atoms with E-state index in [1.807, 2.05) is 0 Å². The lowest BCUT2D eigenvalue weighted by molar-refractivity contribution is -0.137. The molecule has 0 N–H and O–H groups in total. The molecule has 1 aromatic carbocycles. The molecule has 2 aromatic heterocycles. The molecule has 29 heavy (non-hydrogen) atoms. The van der Waals surface area contributed by atoms with Crippen LogP contribution in [0.3, 0.4) is 0 Å². The lowest BCUT2D eigenvalue weighted by Gasteiger charge is -2.20. The highest BCUT2D eigenvalue weighted by Crippen LogP contribution is 2.53.